The van der Waals surface area contributed by atoms with Gasteiger partial charge in [0.15, 0.2) is 11.6 Å². The minimum atomic E-state index is -1.52. The molecule has 136 valence electrons. The number of methoxy groups -OCH3 is 1. The van der Waals surface area contributed by atoms with E-state index in [1.807, 2.05) is 0 Å². The van der Waals surface area contributed by atoms with E-state index in [1.54, 1.807) is 0 Å². The largest absolute Gasteiger partial charge is 0.465 e. The SMILES string of the molecule is COC(=O)C(=CNc1ccc(F)cc1F)C(=O)c1cc(F)c(F)cc1F. The van der Waals surface area contributed by atoms with Crippen LogP contribution in [0.4, 0.5) is 27.6 Å². The molecule has 0 saturated heterocycles. The summed E-state index contributed by atoms with van der Waals surface area (Å²) < 4.78 is 70.8. The van der Waals surface area contributed by atoms with Crippen molar-refractivity contribution in [3.63, 3.8) is 0 Å². The van der Waals surface area contributed by atoms with Crippen LogP contribution in [0.3, 0.4) is 0 Å². The fourth-order valence-electron chi connectivity index (χ4n) is 1.93. The van der Waals surface area contributed by atoms with Crippen LogP contribution in [0.2, 0.25) is 0 Å². The summed E-state index contributed by atoms with van der Waals surface area (Å²) in [7, 11) is 0.920. The van der Waals surface area contributed by atoms with Crippen molar-refractivity contribution >= 4 is 17.4 Å². The number of benzene rings is 2. The van der Waals surface area contributed by atoms with Crippen LogP contribution >= 0.6 is 0 Å². The molecule has 1 N–H and O–H groups in total. The second-order valence-electron chi connectivity index (χ2n) is 4.89. The van der Waals surface area contributed by atoms with E-state index < -0.39 is 52.0 Å². The summed E-state index contributed by atoms with van der Waals surface area (Å²) in [5.41, 5.74) is -2.05. The van der Waals surface area contributed by atoms with Crippen molar-refractivity contribution in [1.82, 2.24) is 0 Å². The van der Waals surface area contributed by atoms with Crippen molar-refractivity contribution in [2.45, 2.75) is 0 Å². The zero-order valence-corrected chi connectivity index (χ0v) is 13.1. The number of carbonyl (C=O) groups is 2. The lowest BCUT2D eigenvalue weighted by molar-refractivity contribution is -0.135. The number of hydrogen-bond acceptors (Lipinski definition) is 4. The maximum Gasteiger partial charge on any atom is 0.343 e. The lowest BCUT2D eigenvalue weighted by Crippen LogP contribution is -2.18. The molecule has 0 radical (unpaired) electrons. The first-order valence-electron chi connectivity index (χ1n) is 6.94. The molecule has 0 aromatic heterocycles. The van der Waals surface area contributed by atoms with Gasteiger partial charge in [-0.2, -0.15) is 0 Å². The molecule has 0 saturated carbocycles. The van der Waals surface area contributed by atoms with Crippen molar-refractivity contribution < 1.29 is 36.3 Å². The summed E-state index contributed by atoms with van der Waals surface area (Å²) in [6.07, 6.45) is 0.686. The summed E-state index contributed by atoms with van der Waals surface area (Å²) in [5.74, 6) is -8.89. The molecule has 4 nitrogen and oxygen atoms in total. The molecule has 0 fully saturated rings. The van der Waals surface area contributed by atoms with Crippen LogP contribution in [0.25, 0.3) is 0 Å². The number of ketones is 1. The number of Topliss-reactive ketones (excluding diaryl/α,β-unsaturated/α-hetero) is 1. The van der Waals surface area contributed by atoms with E-state index in [-0.39, 0.29) is 17.8 Å². The Morgan fingerprint density at radius 2 is 1.58 bits per heavy atom. The second-order valence-corrected chi connectivity index (χ2v) is 4.89. The van der Waals surface area contributed by atoms with E-state index in [2.05, 4.69) is 10.1 Å². The molecule has 0 heterocycles. The highest BCUT2D eigenvalue weighted by molar-refractivity contribution is 6.24. The van der Waals surface area contributed by atoms with Crippen molar-refractivity contribution in [3.05, 3.63) is 76.8 Å². The number of halogens is 5. The lowest BCUT2D eigenvalue weighted by atomic mass is 10.0. The van der Waals surface area contributed by atoms with Gasteiger partial charge in [0.1, 0.15) is 23.0 Å². The highest BCUT2D eigenvalue weighted by Gasteiger charge is 2.25. The van der Waals surface area contributed by atoms with E-state index in [0.717, 1.165) is 19.2 Å². The quantitative estimate of drug-likeness (QED) is 0.166. The zero-order valence-electron chi connectivity index (χ0n) is 13.1. The molecule has 0 spiro atoms. The molecule has 2 aromatic carbocycles. The molecular weight excluding hydrogens is 361 g/mol. The predicted octanol–water partition coefficient (Wildman–Crippen LogP) is 3.73. The van der Waals surface area contributed by atoms with Crippen molar-refractivity contribution in [2.24, 2.45) is 0 Å². The van der Waals surface area contributed by atoms with E-state index in [0.29, 0.717) is 12.3 Å². The van der Waals surface area contributed by atoms with Gasteiger partial charge in [0.05, 0.1) is 18.4 Å². The Labute approximate surface area is 143 Å². The van der Waals surface area contributed by atoms with Crippen LogP contribution in [0.5, 0.6) is 0 Å². The van der Waals surface area contributed by atoms with Crippen LogP contribution in [-0.2, 0) is 9.53 Å². The summed E-state index contributed by atoms with van der Waals surface area (Å²) in [6.45, 7) is 0. The Morgan fingerprint density at radius 1 is 0.923 bits per heavy atom. The Balaban J connectivity index is 2.42. The van der Waals surface area contributed by atoms with Crippen molar-refractivity contribution in [3.8, 4) is 0 Å². The highest BCUT2D eigenvalue weighted by atomic mass is 19.2. The minimum Gasteiger partial charge on any atom is -0.465 e. The Kier molecular flexibility index (Phi) is 5.71. The fourth-order valence-corrected chi connectivity index (χ4v) is 1.93. The summed E-state index contributed by atoms with van der Waals surface area (Å²) >= 11 is 0. The van der Waals surface area contributed by atoms with E-state index in [4.69, 9.17) is 0 Å². The molecule has 0 aliphatic carbocycles. The Bertz CT molecular complexity index is 912. The molecule has 0 aliphatic rings. The number of ether oxygens (including phenoxy) is 1. The standard InChI is InChI=1S/C17H10F5NO3/c1-26-17(25)10(7-23-15-3-2-8(18)4-14(15)22)16(24)9-5-12(20)13(21)6-11(9)19/h2-7,23H,1H3. The van der Waals surface area contributed by atoms with Crippen LogP contribution in [-0.4, -0.2) is 18.9 Å². The lowest BCUT2D eigenvalue weighted by Gasteiger charge is -2.08. The average molecular weight is 371 g/mol. The van der Waals surface area contributed by atoms with E-state index in [1.165, 1.54) is 0 Å². The number of anilines is 1. The highest BCUT2D eigenvalue weighted by Crippen LogP contribution is 2.20. The summed E-state index contributed by atoms with van der Waals surface area (Å²) in [6, 6.07) is 2.87. The molecule has 0 atom stereocenters. The van der Waals surface area contributed by atoms with E-state index in [9.17, 15) is 31.5 Å². The van der Waals surface area contributed by atoms with E-state index >= 15 is 0 Å². The molecule has 2 aromatic rings. The number of nitrogens with one attached hydrogen (secondary N) is 1. The van der Waals surface area contributed by atoms with Gasteiger partial charge in [-0.15, -0.1) is 0 Å². The second kappa shape index (κ2) is 7.77. The maximum atomic E-state index is 13.8. The van der Waals surface area contributed by atoms with Gasteiger partial charge in [0.2, 0.25) is 5.78 Å². The van der Waals surface area contributed by atoms with Gasteiger partial charge in [-0.3, -0.25) is 4.79 Å². The average Bonchev–Trinajstić information content (AvgIpc) is 2.59. The molecule has 0 unspecified atom stereocenters. The Hall–Kier alpha value is -3.23. The first kappa shape index (κ1) is 19.1. The summed E-state index contributed by atoms with van der Waals surface area (Å²) in [5, 5.41) is 2.24. The Morgan fingerprint density at radius 3 is 2.19 bits per heavy atom. The number of rotatable bonds is 5. The number of hydrogen-bond donors (Lipinski definition) is 1. The molecule has 26 heavy (non-hydrogen) atoms. The molecule has 9 heteroatoms. The van der Waals surface area contributed by atoms with Gasteiger partial charge in [0, 0.05) is 18.3 Å². The summed E-state index contributed by atoms with van der Waals surface area (Å²) in [4.78, 5) is 24.1. The van der Waals surface area contributed by atoms with Crippen LogP contribution in [0.1, 0.15) is 10.4 Å². The predicted molar refractivity (Wildman–Crippen MR) is 80.7 cm³/mol. The van der Waals surface area contributed by atoms with Crippen molar-refractivity contribution in [2.75, 3.05) is 12.4 Å². The van der Waals surface area contributed by atoms with Gasteiger partial charge in [-0.1, -0.05) is 0 Å². The first-order valence-corrected chi connectivity index (χ1v) is 6.94. The third kappa shape index (κ3) is 4.05. The molecule has 0 aliphatic heterocycles. The topological polar surface area (TPSA) is 55.4 Å². The van der Waals surface area contributed by atoms with Crippen molar-refractivity contribution in [1.29, 1.82) is 0 Å². The van der Waals surface area contributed by atoms with Gasteiger partial charge >= 0.3 is 5.97 Å². The minimum absolute atomic E-state index is 0.143. The van der Waals surface area contributed by atoms with Gasteiger partial charge < -0.3 is 10.1 Å². The smallest absolute Gasteiger partial charge is 0.343 e. The first-order chi connectivity index (χ1) is 12.2. The number of carbonyl (C=O) groups excluding carboxylic acids is 2. The van der Waals surface area contributed by atoms with Gasteiger partial charge in [-0.25, -0.2) is 26.7 Å². The van der Waals surface area contributed by atoms with Crippen LogP contribution in [0, 0.1) is 29.1 Å². The molecular formula is C17H10F5NO3. The normalized spacial score (nSPS) is 11.2. The molecule has 0 amide bonds. The molecule has 2 rings (SSSR count). The third-order valence-corrected chi connectivity index (χ3v) is 3.21. The van der Waals surface area contributed by atoms with Crippen LogP contribution < -0.4 is 5.32 Å². The molecule has 0 bridgehead atoms. The fraction of sp³-hybridized carbons (Fsp3) is 0.0588. The number of esters is 1. The maximum absolute atomic E-state index is 13.8. The third-order valence-electron chi connectivity index (χ3n) is 3.21. The monoisotopic (exact) mass is 371 g/mol. The zero-order chi connectivity index (χ0) is 19.4. The van der Waals surface area contributed by atoms with Gasteiger partial charge in [-0.05, 0) is 18.2 Å². The van der Waals surface area contributed by atoms with Gasteiger partial charge in [0.25, 0.3) is 0 Å². The van der Waals surface area contributed by atoms with Crippen LogP contribution in [0.15, 0.2) is 42.1 Å².